The first kappa shape index (κ1) is 13.5. The fourth-order valence-corrected chi connectivity index (χ4v) is 2.56. The summed E-state index contributed by atoms with van der Waals surface area (Å²) in [6.45, 7) is 0.994. The highest BCUT2D eigenvalue weighted by molar-refractivity contribution is 6.30. The Hall–Kier alpha value is -1.50. The van der Waals surface area contributed by atoms with Crippen molar-refractivity contribution in [2.75, 3.05) is 6.61 Å². The summed E-state index contributed by atoms with van der Waals surface area (Å²) < 4.78 is 20.6. The molecule has 0 saturated carbocycles. The van der Waals surface area contributed by atoms with Gasteiger partial charge in [-0.3, -0.25) is 0 Å². The Balaban J connectivity index is 2.08. The highest BCUT2D eigenvalue weighted by Crippen LogP contribution is 2.32. The maximum atomic E-state index is 13.3. The molecule has 5 nitrogen and oxygen atoms in total. The second-order valence-electron chi connectivity index (χ2n) is 4.64. The molecule has 1 aliphatic heterocycles. The number of aromatic nitrogens is 3. The molecule has 0 bridgehead atoms. The van der Waals surface area contributed by atoms with Gasteiger partial charge in [-0.15, -0.1) is 5.10 Å². The average Bonchev–Trinajstić information content (AvgIpc) is 3.09. The van der Waals surface area contributed by atoms with E-state index in [1.807, 2.05) is 0 Å². The topological polar surface area (TPSA) is 66.0 Å². The van der Waals surface area contributed by atoms with Crippen LogP contribution in [-0.4, -0.2) is 21.6 Å². The van der Waals surface area contributed by atoms with E-state index in [0.717, 1.165) is 18.5 Å². The van der Waals surface area contributed by atoms with Crippen molar-refractivity contribution in [3.05, 3.63) is 40.4 Å². The summed E-state index contributed by atoms with van der Waals surface area (Å²) >= 11 is 5.82. The third kappa shape index (κ3) is 2.30. The van der Waals surface area contributed by atoms with Gasteiger partial charge in [0.25, 0.3) is 0 Å². The van der Waals surface area contributed by atoms with Crippen molar-refractivity contribution in [1.82, 2.24) is 15.0 Å². The maximum Gasteiger partial charge on any atom is 0.141 e. The van der Waals surface area contributed by atoms with Crippen molar-refractivity contribution in [1.29, 1.82) is 0 Å². The molecule has 0 spiro atoms. The van der Waals surface area contributed by atoms with E-state index in [1.165, 1.54) is 12.1 Å². The van der Waals surface area contributed by atoms with Crippen LogP contribution in [0.3, 0.4) is 0 Å². The number of hydrogen-bond acceptors (Lipinski definition) is 4. The Morgan fingerprint density at radius 2 is 2.35 bits per heavy atom. The lowest BCUT2D eigenvalue weighted by Gasteiger charge is -2.13. The van der Waals surface area contributed by atoms with Crippen molar-refractivity contribution in [3.63, 3.8) is 0 Å². The van der Waals surface area contributed by atoms with Crippen molar-refractivity contribution < 1.29 is 9.13 Å². The minimum Gasteiger partial charge on any atom is -0.372 e. The first-order chi connectivity index (χ1) is 9.70. The third-order valence-corrected chi connectivity index (χ3v) is 3.64. The molecule has 1 fully saturated rings. The summed E-state index contributed by atoms with van der Waals surface area (Å²) in [5.41, 5.74) is 7.87. The molecule has 2 N–H and O–H groups in total. The minimum absolute atomic E-state index is 0.0468. The van der Waals surface area contributed by atoms with Crippen LogP contribution in [0, 0.1) is 5.82 Å². The van der Waals surface area contributed by atoms with E-state index in [-0.39, 0.29) is 17.7 Å². The van der Waals surface area contributed by atoms with E-state index in [2.05, 4.69) is 10.3 Å². The van der Waals surface area contributed by atoms with Crippen LogP contribution in [0.4, 0.5) is 4.39 Å². The first-order valence-corrected chi connectivity index (χ1v) is 6.80. The predicted molar refractivity (Wildman–Crippen MR) is 72.1 cm³/mol. The number of benzene rings is 1. The lowest BCUT2D eigenvalue weighted by atomic mass is 10.1. The maximum absolute atomic E-state index is 13.3. The van der Waals surface area contributed by atoms with Gasteiger partial charge < -0.3 is 10.5 Å². The van der Waals surface area contributed by atoms with Crippen LogP contribution in [0.25, 0.3) is 5.69 Å². The molecule has 3 rings (SSSR count). The van der Waals surface area contributed by atoms with E-state index < -0.39 is 5.82 Å². The van der Waals surface area contributed by atoms with Crippen LogP contribution in [-0.2, 0) is 11.3 Å². The Labute approximate surface area is 120 Å². The zero-order valence-corrected chi connectivity index (χ0v) is 11.5. The number of hydrogen-bond donors (Lipinski definition) is 1. The van der Waals surface area contributed by atoms with Crippen molar-refractivity contribution in [2.45, 2.75) is 25.5 Å². The quantitative estimate of drug-likeness (QED) is 0.944. The largest absolute Gasteiger partial charge is 0.372 e. The van der Waals surface area contributed by atoms with Crippen molar-refractivity contribution >= 4 is 11.6 Å². The fourth-order valence-electron chi connectivity index (χ4n) is 2.39. The van der Waals surface area contributed by atoms with Crippen LogP contribution in [0.5, 0.6) is 0 Å². The van der Waals surface area contributed by atoms with Crippen molar-refractivity contribution in [3.8, 4) is 5.69 Å². The molecule has 0 aliphatic carbocycles. The van der Waals surface area contributed by atoms with Gasteiger partial charge in [0.05, 0.1) is 16.4 Å². The molecule has 106 valence electrons. The Morgan fingerprint density at radius 3 is 3.00 bits per heavy atom. The molecular formula is C13H14ClFN4O. The molecule has 0 amide bonds. The SMILES string of the molecule is NCc1nnn(-c2ccc(F)c(Cl)c2)c1C1CCCO1. The highest BCUT2D eigenvalue weighted by atomic mass is 35.5. The molecule has 1 aliphatic rings. The fraction of sp³-hybridized carbons (Fsp3) is 0.385. The summed E-state index contributed by atoms with van der Waals surface area (Å²) in [7, 11) is 0. The average molecular weight is 297 g/mol. The van der Waals surface area contributed by atoms with E-state index >= 15 is 0 Å². The normalized spacial score (nSPS) is 18.6. The van der Waals surface area contributed by atoms with Gasteiger partial charge in [-0.1, -0.05) is 16.8 Å². The molecule has 0 radical (unpaired) electrons. The molecule has 1 aromatic heterocycles. The van der Waals surface area contributed by atoms with Gasteiger partial charge in [0, 0.05) is 13.2 Å². The molecule has 1 atom stereocenters. The van der Waals surface area contributed by atoms with Gasteiger partial charge in [0.2, 0.25) is 0 Å². The van der Waals surface area contributed by atoms with Crippen LogP contribution in [0.2, 0.25) is 5.02 Å². The molecule has 1 saturated heterocycles. The molecule has 2 aromatic rings. The van der Waals surface area contributed by atoms with Gasteiger partial charge in [0.1, 0.15) is 17.6 Å². The summed E-state index contributed by atoms with van der Waals surface area (Å²) in [4.78, 5) is 0. The summed E-state index contributed by atoms with van der Waals surface area (Å²) in [5, 5.41) is 8.22. The molecule has 20 heavy (non-hydrogen) atoms. The van der Waals surface area contributed by atoms with E-state index in [1.54, 1.807) is 10.7 Å². The lowest BCUT2D eigenvalue weighted by molar-refractivity contribution is 0.106. The van der Waals surface area contributed by atoms with Crippen LogP contribution in [0.1, 0.15) is 30.3 Å². The van der Waals surface area contributed by atoms with Gasteiger partial charge >= 0.3 is 0 Å². The first-order valence-electron chi connectivity index (χ1n) is 6.42. The standard InChI is InChI=1S/C13H14ClFN4O/c14-9-6-8(3-4-10(9)15)19-13(11(7-16)17-18-19)12-2-1-5-20-12/h3-4,6,12H,1-2,5,7,16H2. The second-order valence-corrected chi connectivity index (χ2v) is 5.04. The zero-order valence-electron chi connectivity index (χ0n) is 10.7. The summed E-state index contributed by atoms with van der Waals surface area (Å²) in [5.74, 6) is -0.465. The number of nitrogens with zero attached hydrogens (tertiary/aromatic N) is 3. The molecule has 1 unspecified atom stereocenters. The monoisotopic (exact) mass is 296 g/mol. The summed E-state index contributed by atoms with van der Waals surface area (Å²) in [6.07, 6.45) is 1.81. The predicted octanol–water partition coefficient (Wildman–Crippen LogP) is 2.37. The number of nitrogens with two attached hydrogens (primary N) is 1. The van der Waals surface area contributed by atoms with Gasteiger partial charge in [-0.25, -0.2) is 9.07 Å². The van der Waals surface area contributed by atoms with Gasteiger partial charge in [0.15, 0.2) is 0 Å². The number of halogens is 2. The minimum atomic E-state index is -0.465. The van der Waals surface area contributed by atoms with Crippen molar-refractivity contribution in [2.24, 2.45) is 5.73 Å². The molecule has 2 heterocycles. The molecule has 7 heteroatoms. The second kappa shape index (κ2) is 5.47. The van der Waals surface area contributed by atoms with E-state index in [9.17, 15) is 4.39 Å². The Bertz CT molecular complexity index is 625. The number of ether oxygens (including phenoxy) is 1. The van der Waals surface area contributed by atoms with Crippen LogP contribution < -0.4 is 5.73 Å². The van der Waals surface area contributed by atoms with Crippen LogP contribution in [0.15, 0.2) is 18.2 Å². The number of rotatable bonds is 3. The molecule has 1 aromatic carbocycles. The highest BCUT2D eigenvalue weighted by Gasteiger charge is 2.26. The molecular weight excluding hydrogens is 283 g/mol. The van der Waals surface area contributed by atoms with E-state index in [0.29, 0.717) is 18.0 Å². The zero-order chi connectivity index (χ0) is 14.1. The third-order valence-electron chi connectivity index (χ3n) is 3.35. The van der Waals surface area contributed by atoms with Gasteiger partial charge in [-0.2, -0.15) is 0 Å². The Morgan fingerprint density at radius 1 is 1.50 bits per heavy atom. The lowest BCUT2D eigenvalue weighted by Crippen LogP contribution is -2.11. The van der Waals surface area contributed by atoms with E-state index in [4.69, 9.17) is 22.1 Å². The van der Waals surface area contributed by atoms with Crippen LogP contribution >= 0.6 is 11.6 Å². The van der Waals surface area contributed by atoms with Gasteiger partial charge in [-0.05, 0) is 31.0 Å². The Kier molecular flexibility index (Phi) is 3.69. The smallest absolute Gasteiger partial charge is 0.141 e. The summed E-state index contributed by atoms with van der Waals surface area (Å²) in [6, 6.07) is 4.43.